The van der Waals surface area contributed by atoms with Gasteiger partial charge in [-0.3, -0.25) is 4.90 Å². The Hall–Kier alpha value is -1.06. The summed E-state index contributed by atoms with van der Waals surface area (Å²) in [5, 5.41) is 0. The highest BCUT2D eigenvalue weighted by Crippen LogP contribution is 2.32. The standard InChI is InChI=1S/C18H28N2O/c1-20(18(14-19)9-3-2-4-10-18)11-7-15-5-6-17-16(13-15)8-12-21-17/h5-6,13H,2-4,7-12,14,19H2,1H3. The topological polar surface area (TPSA) is 38.5 Å². The predicted octanol–water partition coefficient (Wildman–Crippen LogP) is 2.76. The van der Waals surface area contributed by atoms with Crippen molar-refractivity contribution in [1.29, 1.82) is 0 Å². The maximum atomic E-state index is 6.12. The van der Waals surface area contributed by atoms with E-state index in [1.54, 1.807) is 0 Å². The summed E-state index contributed by atoms with van der Waals surface area (Å²) in [6.07, 6.45) is 8.73. The second-order valence-corrected chi connectivity index (χ2v) is 6.70. The second kappa shape index (κ2) is 6.37. The lowest BCUT2D eigenvalue weighted by molar-refractivity contribution is 0.0838. The fraction of sp³-hybridized carbons (Fsp3) is 0.667. The molecule has 3 rings (SSSR count). The van der Waals surface area contributed by atoms with Crippen LogP contribution in [0.1, 0.15) is 43.2 Å². The summed E-state index contributed by atoms with van der Waals surface area (Å²) < 4.78 is 5.58. The molecule has 1 fully saturated rings. The summed E-state index contributed by atoms with van der Waals surface area (Å²) in [5.41, 5.74) is 9.17. The molecule has 0 radical (unpaired) electrons. The molecule has 1 aliphatic carbocycles. The van der Waals surface area contributed by atoms with Gasteiger partial charge in [-0.05, 0) is 43.5 Å². The first-order valence-corrected chi connectivity index (χ1v) is 8.39. The second-order valence-electron chi connectivity index (χ2n) is 6.70. The molecule has 1 aromatic carbocycles. The zero-order valence-electron chi connectivity index (χ0n) is 13.2. The number of hydrogen-bond donors (Lipinski definition) is 1. The number of benzene rings is 1. The van der Waals surface area contributed by atoms with Gasteiger partial charge >= 0.3 is 0 Å². The summed E-state index contributed by atoms with van der Waals surface area (Å²) in [5.74, 6) is 1.08. The van der Waals surface area contributed by atoms with E-state index in [0.29, 0.717) is 0 Å². The van der Waals surface area contributed by atoms with Gasteiger partial charge in [-0.2, -0.15) is 0 Å². The lowest BCUT2D eigenvalue weighted by Gasteiger charge is -2.44. The quantitative estimate of drug-likeness (QED) is 0.905. The van der Waals surface area contributed by atoms with Gasteiger partial charge in [0.05, 0.1) is 6.61 Å². The van der Waals surface area contributed by atoms with E-state index in [0.717, 1.165) is 38.3 Å². The average Bonchev–Trinajstić information content (AvgIpc) is 3.00. The summed E-state index contributed by atoms with van der Waals surface area (Å²) in [6.45, 7) is 2.73. The van der Waals surface area contributed by atoms with Crippen LogP contribution in [0.5, 0.6) is 5.75 Å². The summed E-state index contributed by atoms with van der Waals surface area (Å²) in [7, 11) is 2.26. The smallest absolute Gasteiger partial charge is 0.122 e. The lowest BCUT2D eigenvalue weighted by atomic mass is 9.80. The number of ether oxygens (including phenoxy) is 1. The van der Waals surface area contributed by atoms with Crippen LogP contribution in [0.15, 0.2) is 18.2 Å². The molecule has 0 bridgehead atoms. The van der Waals surface area contributed by atoms with Gasteiger partial charge in [0.25, 0.3) is 0 Å². The van der Waals surface area contributed by atoms with Crippen molar-refractivity contribution in [3.8, 4) is 5.75 Å². The molecular weight excluding hydrogens is 260 g/mol. The minimum atomic E-state index is 0.248. The molecule has 0 unspecified atom stereocenters. The maximum absolute atomic E-state index is 6.12. The molecule has 116 valence electrons. The van der Waals surface area contributed by atoms with Crippen LogP contribution in [0.2, 0.25) is 0 Å². The van der Waals surface area contributed by atoms with Crippen LogP contribution in [0.25, 0.3) is 0 Å². The Morgan fingerprint density at radius 3 is 2.81 bits per heavy atom. The Labute approximate surface area is 128 Å². The molecule has 1 saturated carbocycles. The average molecular weight is 288 g/mol. The monoisotopic (exact) mass is 288 g/mol. The van der Waals surface area contributed by atoms with E-state index in [2.05, 4.69) is 30.1 Å². The molecular formula is C18H28N2O. The summed E-state index contributed by atoms with van der Waals surface area (Å²) in [6, 6.07) is 6.68. The van der Waals surface area contributed by atoms with Crippen LogP contribution < -0.4 is 10.5 Å². The van der Waals surface area contributed by atoms with E-state index >= 15 is 0 Å². The Kier molecular flexibility index (Phi) is 4.51. The molecule has 0 atom stereocenters. The molecule has 0 aromatic heterocycles. The van der Waals surface area contributed by atoms with Crippen LogP contribution in [0.4, 0.5) is 0 Å². The molecule has 2 aliphatic rings. The van der Waals surface area contributed by atoms with Gasteiger partial charge in [0.15, 0.2) is 0 Å². The van der Waals surface area contributed by atoms with E-state index in [-0.39, 0.29) is 5.54 Å². The zero-order chi connectivity index (χ0) is 14.7. The molecule has 1 aliphatic heterocycles. The number of nitrogens with two attached hydrogens (primary N) is 1. The van der Waals surface area contributed by atoms with Crippen molar-refractivity contribution in [2.75, 3.05) is 26.7 Å². The molecule has 1 heterocycles. The molecule has 2 N–H and O–H groups in total. The highest BCUT2D eigenvalue weighted by atomic mass is 16.5. The van der Waals surface area contributed by atoms with Crippen LogP contribution in [-0.4, -0.2) is 37.2 Å². The molecule has 21 heavy (non-hydrogen) atoms. The molecule has 3 nitrogen and oxygen atoms in total. The highest BCUT2D eigenvalue weighted by molar-refractivity contribution is 5.39. The predicted molar refractivity (Wildman–Crippen MR) is 86.8 cm³/mol. The van der Waals surface area contributed by atoms with E-state index in [9.17, 15) is 0 Å². The van der Waals surface area contributed by atoms with Gasteiger partial charge in [0.2, 0.25) is 0 Å². The maximum Gasteiger partial charge on any atom is 0.122 e. The molecule has 0 saturated heterocycles. The Bertz CT molecular complexity index is 480. The van der Waals surface area contributed by atoms with Crippen LogP contribution >= 0.6 is 0 Å². The highest BCUT2D eigenvalue weighted by Gasteiger charge is 2.34. The first-order valence-electron chi connectivity index (χ1n) is 8.39. The van der Waals surface area contributed by atoms with Gasteiger partial charge in [0, 0.05) is 25.0 Å². The van der Waals surface area contributed by atoms with Crippen molar-refractivity contribution >= 4 is 0 Å². The van der Waals surface area contributed by atoms with E-state index < -0.39 is 0 Å². The van der Waals surface area contributed by atoms with Crippen LogP contribution in [0.3, 0.4) is 0 Å². The lowest BCUT2D eigenvalue weighted by Crippen LogP contribution is -2.53. The number of nitrogens with zero attached hydrogens (tertiary/aromatic N) is 1. The van der Waals surface area contributed by atoms with Crippen LogP contribution in [-0.2, 0) is 12.8 Å². The van der Waals surface area contributed by atoms with Crippen molar-refractivity contribution in [2.45, 2.75) is 50.5 Å². The first-order chi connectivity index (χ1) is 10.2. The zero-order valence-corrected chi connectivity index (χ0v) is 13.2. The Morgan fingerprint density at radius 2 is 2.05 bits per heavy atom. The molecule has 0 amide bonds. The minimum absolute atomic E-state index is 0.248. The van der Waals surface area contributed by atoms with Crippen molar-refractivity contribution in [3.63, 3.8) is 0 Å². The van der Waals surface area contributed by atoms with Gasteiger partial charge in [-0.1, -0.05) is 31.4 Å². The third kappa shape index (κ3) is 3.09. The largest absolute Gasteiger partial charge is 0.493 e. The number of fused-ring (bicyclic) bond motifs is 1. The van der Waals surface area contributed by atoms with Crippen molar-refractivity contribution in [2.24, 2.45) is 5.73 Å². The number of hydrogen-bond acceptors (Lipinski definition) is 3. The van der Waals surface area contributed by atoms with E-state index in [4.69, 9.17) is 10.5 Å². The minimum Gasteiger partial charge on any atom is -0.493 e. The summed E-state index contributed by atoms with van der Waals surface area (Å²) in [4.78, 5) is 2.52. The van der Waals surface area contributed by atoms with E-state index in [1.807, 2.05) is 0 Å². The van der Waals surface area contributed by atoms with Gasteiger partial charge in [-0.25, -0.2) is 0 Å². The number of likely N-dealkylation sites (N-methyl/N-ethyl adjacent to an activating group) is 1. The van der Waals surface area contributed by atoms with Gasteiger partial charge < -0.3 is 10.5 Å². The summed E-state index contributed by atoms with van der Waals surface area (Å²) >= 11 is 0. The SMILES string of the molecule is CN(CCc1ccc2c(c1)CCO2)C1(CN)CCCCC1. The van der Waals surface area contributed by atoms with Crippen molar-refractivity contribution in [3.05, 3.63) is 29.3 Å². The van der Waals surface area contributed by atoms with Gasteiger partial charge in [0.1, 0.15) is 5.75 Å². The number of rotatable bonds is 5. The Balaban J connectivity index is 1.61. The molecule has 3 heteroatoms. The van der Waals surface area contributed by atoms with Crippen molar-refractivity contribution < 1.29 is 4.74 Å². The fourth-order valence-electron chi connectivity index (χ4n) is 3.88. The molecule has 1 aromatic rings. The molecule has 0 spiro atoms. The van der Waals surface area contributed by atoms with Crippen molar-refractivity contribution in [1.82, 2.24) is 4.90 Å². The normalized spacial score (nSPS) is 20.3. The van der Waals surface area contributed by atoms with E-state index in [1.165, 1.54) is 43.2 Å². The van der Waals surface area contributed by atoms with Gasteiger partial charge in [-0.15, -0.1) is 0 Å². The fourth-order valence-corrected chi connectivity index (χ4v) is 3.88. The third-order valence-electron chi connectivity index (χ3n) is 5.46. The first kappa shape index (κ1) is 14.9. The van der Waals surface area contributed by atoms with Crippen LogP contribution in [0, 0.1) is 0 Å². The third-order valence-corrected chi connectivity index (χ3v) is 5.46. The Morgan fingerprint density at radius 1 is 1.24 bits per heavy atom.